The van der Waals surface area contributed by atoms with E-state index >= 15 is 0 Å². The van der Waals surface area contributed by atoms with E-state index in [9.17, 15) is 0 Å². The summed E-state index contributed by atoms with van der Waals surface area (Å²) >= 11 is 0. The van der Waals surface area contributed by atoms with E-state index < -0.39 is 0 Å². The zero-order valence-electron chi connectivity index (χ0n) is 9.33. The van der Waals surface area contributed by atoms with E-state index in [0.717, 1.165) is 5.84 Å². The molecule has 0 aromatic heterocycles. The zero-order valence-corrected chi connectivity index (χ0v) is 9.33. The van der Waals surface area contributed by atoms with Gasteiger partial charge < -0.3 is 0 Å². The molecular weight excluding hydrogens is 160 g/mol. The molecule has 0 saturated heterocycles. The zero-order chi connectivity index (χ0) is 10.4. The summed E-state index contributed by atoms with van der Waals surface area (Å²) in [5.41, 5.74) is 1.27. The first kappa shape index (κ1) is 12.1. The summed E-state index contributed by atoms with van der Waals surface area (Å²) in [6, 6.07) is 0. The van der Waals surface area contributed by atoms with Crippen LogP contribution in [0.2, 0.25) is 0 Å². The normalized spacial score (nSPS) is 14.1. The second kappa shape index (κ2) is 5.68. The van der Waals surface area contributed by atoms with E-state index in [1.807, 2.05) is 6.20 Å². The molecule has 0 saturated carbocycles. The Balaban J connectivity index is 4.54. The third-order valence-corrected chi connectivity index (χ3v) is 1.99. The molecule has 0 aliphatic rings. The van der Waals surface area contributed by atoms with Crippen LogP contribution < -0.4 is 0 Å². The molecule has 0 fully saturated rings. The Bertz CT molecular complexity index is 222. The van der Waals surface area contributed by atoms with E-state index in [1.54, 1.807) is 0 Å². The second-order valence-electron chi connectivity index (χ2n) is 3.83. The highest BCUT2D eigenvalue weighted by Gasteiger charge is 2.00. The first-order chi connectivity index (χ1) is 5.99. The van der Waals surface area contributed by atoms with Crippen molar-refractivity contribution in [3.05, 3.63) is 11.8 Å². The van der Waals surface area contributed by atoms with Gasteiger partial charge in [-0.3, -0.25) is 0 Å². The molecule has 74 valence electrons. The van der Waals surface area contributed by atoms with Crippen LogP contribution in [0, 0.1) is 11.8 Å². The average molecular weight is 180 g/mol. The van der Waals surface area contributed by atoms with E-state index in [-0.39, 0.29) is 0 Å². The van der Waals surface area contributed by atoms with Crippen LogP contribution in [0.15, 0.2) is 21.8 Å². The lowest BCUT2D eigenvalue weighted by Crippen LogP contribution is -2.02. The second-order valence-corrected chi connectivity index (χ2v) is 3.83. The van der Waals surface area contributed by atoms with Crippen molar-refractivity contribution in [3.63, 3.8) is 0 Å². The number of nitrogens with zero attached hydrogens (tertiary/aromatic N) is 2. The van der Waals surface area contributed by atoms with E-state index in [4.69, 9.17) is 0 Å². The molecule has 0 aliphatic carbocycles. The molecule has 0 atom stereocenters. The Kier molecular flexibility index (Phi) is 5.28. The quantitative estimate of drug-likeness (QED) is 0.470. The molecule has 0 radical (unpaired) electrons. The van der Waals surface area contributed by atoms with Gasteiger partial charge in [0.05, 0.1) is 0 Å². The molecule has 0 rings (SSSR count). The SMILES string of the molecule is C=NC(=N/C=C(\C)C(C)C)C(C)C. The molecule has 0 spiro atoms. The van der Waals surface area contributed by atoms with Gasteiger partial charge >= 0.3 is 0 Å². The first-order valence-corrected chi connectivity index (χ1v) is 4.70. The molecule has 2 nitrogen and oxygen atoms in total. The Labute approximate surface area is 81.5 Å². The van der Waals surface area contributed by atoms with Gasteiger partial charge in [0.1, 0.15) is 5.84 Å². The van der Waals surface area contributed by atoms with Crippen molar-refractivity contribution in [1.29, 1.82) is 0 Å². The average Bonchev–Trinajstić information content (AvgIpc) is 2.04. The van der Waals surface area contributed by atoms with Crippen molar-refractivity contribution in [2.75, 3.05) is 0 Å². The maximum absolute atomic E-state index is 4.29. The Morgan fingerprint density at radius 3 is 2.00 bits per heavy atom. The van der Waals surface area contributed by atoms with Crippen molar-refractivity contribution >= 4 is 12.6 Å². The van der Waals surface area contributed by atoms with Crippen molar-refractivity contribution < 1.29 is 0 Å². The van der Waals surface area contributed by atoms with Crippen molar-refractivity contribution in [2.24, 2.45) is 21.8 Å². The summed E-state index contributed by atoms with van der Waals surface area (Å²) in [5, 5.41) is 0. The van der Waals surface area contributed by atoms with Crippen LogP contribution in [-0.4, -0.2) is 12.6 Å². The van der Waals surface area contributed by atoms with Crippen LogP contribution in [0.25, 0.3) is 0 Å². The maximum atomic E-state index is 4.29. The standard InChI is InChI=1S/C11H20N2/c1-8(2)10(5)7-13-11(12-6)9(3)4/h7-9H,6H2,1-5H3/b10-7+,13-11?. The van der Waals surface area contributed by atoms with Crippen LogP contribution >= 0.6 is 0 Å². The minimum absolute atomic E-state index is 0.341. The molecular formula is C11H20N2. The first-order valence-electron chi connectivity index (χ1n) is 4.70. The van der Waals surface area contributed by atoms with Gasteiger partial charge in [0.25, 0.3) is 0 Å². The summed E-state index contributed by atoms with van der Waals surface area (Å²) < 4.78 is 0. The van der Waals surface area contributed by atoms with Crippen LogP contribution in [0.3, 0.4) is 0 Å². The molecule has 0 amide bonds. The van der Waals surface area contributed by atoms with Gasteiger partial charge in [-0.05, 0) is 19.6 Å². The lowest BCUT2D eigenvalue weighted by molar-refractivity contribution is 0.765. The van der Waals surface area contributed by atoms with Gasteiger partial charge in [0.15, 0.2) is 0 Å². The topological polar surface area (TPSA) is 24.7 Å². The smallest absolute Gasteiger partial charge is 0.129 e. The van der Waals surface area contributed by atoms with Gasteiger partial charge in [0.2, 0.25) is 0 Å². The molecule has 2 heteroatoms. The third kappa shape index (κ3) is 4.61. The largest absolute Gasteiger partial charge is 0.249 e. The van der Waals surface area contributed by atoms with Gasteiger partial charge in [0, 0.05) is 12.1 Å². The summed E-state index contributed by atoms with van der Waals surface area (Å²) in [6.45, 7) is 14.0. The van der Waals surface area contributed by atoms with Gasteiger partial charge in [-0.1, -0.05) is 33.3 Å². The molecule has 13 heavy (non-hydrogen) atoms. The summed E-state index contributed by atoms with van der Waals surface area (Å²) in [7, 11) is 0. The molecule has 0 aromatic carbocycles. The predicted octanol–water partition coefficient (Wildman–Crippen LogP) is 3.30. The van der Waals surface area contributed by atoms with Crippen LogP contribution in [-0.2, 0) is 0 Å². The highest BCUT2D eigenvalue weighted by molar-refractivity contribution is 5.88. The number of hydrogen-bond donors (Lipinski definition) is 0. The molecule has 0 heterocycles. The van der Waals surface area contributed by atoms with E-state index in [2.05, 4.69) is 51.3 Å². The molecule has 0 bridgehead atoms. The van der Waals surface area contributed by atoms with Gasteiger partial charge in [-0.15, -0.1) is 0 Å². The number of aliphatic imine (C=N–C) groups is 2. The lowest BCUT2D eigenvalue weighted by Gasteiger charge is -2.04. The number of allylic oxidation sites excluding steroid dienone is 1. The van der Waals surface area contributed by atoms with Crippen LogP contribution in [0.4, 0.5) is 0 Å². The Morgan fingerprint density at radius 1 is 1.15 bits per heavy atom. The predicted molar refractivity (Wildman–Crippen MR) is 60.4 cm³/mol. The number of amidine groups is 1. The minimum atomic E-state index is 0.341. The highest BCUT2D eigenvalue weighted by atomic mass is 14.9. The fourth-order valence-electron chi connectivity index (χ4n) is 0.689. The fourth-order valence-corrected chi connectivity index (χ4v) is 0.689. The molecule has 0 aromatic rings. The van der Waals surface area contributed by atoms with E-state index in [1.165, 1.54) is 5.57 Å². The minimum Gasteiger partial charge on any atom is -0.249 e. The number of rotatable bonds is 3. The Hall–Kier alpha value is -0.920. The monoisotopic (exact) mass is 180 g/mol. The van der Waals surface area contributed by atoms with Gasteiger partial charge in [-0.25, -0.2) is 9.98 Å². The van der Waals surface area contributed by atoms with Crippen LogP contribution in [0.1, 0.15) is 34.6 Å². The van der Waals surface area contributed by atoms with Crippen LogP contribution in [0.5, 0.6) is 0 Å². The van der Waals surface area contributed by atoms with Crippen molar-refractivity contribution in [1.82, 2.24) is 0 Å². The summed E-state index contributed by atoms with van der Waals surface area (Å²) in [4.78, 5) is 8.16. The van der Waals surface area contributed by atoms with E-state index in [0.29, 0.717) is 11.8 Å². The maximum Gasteiger partial charge on any atom is 0.129 e. The van der Waals surface area contributed by atoms with Crippen molar-refractivity contribution in [3.8, 4) is 0 Å². The van der Waals surface area contributed by atoms with Gasteiger partial charge in [-0.2, -0.15) is 0 Å². The molecule has 0 unspecified atom stereocenters. The Morgan fingerprint density at radius 2 is 1.69 bits per heavy atom. The van der Waals surface area contributed by atoms with Crippen molar-refractivity contribution in [2.45, 2.75) is 34.6 Å². The fraction of sp³-hybridized carbons (Fsp3) is 0.636. The molecule has 0 aliphatic heterocycles. The molecule has 0 N–H and O–H groups in total. The number of hydrogen-bond acceptors (Lipinski definition) is 1. The highest BCUT2D eigenvalue weighted by Crippen LogP contribution is 2.08. The third-order valence-electron chi connectivity index (χ3n) is 1.99. The summed E-state index contributed by atoms with van der Waals surface area (Å²) in [5.74, 6) is 1.69. The summed E-state index contributed by atoms with van der Waals surface area (Å²) in [6.07, 6.45) is 1.88. The lowest BCUT2D eigenvalue weighted by atomic mass is 10.1.